The van der Waals surface area contributed by atoms with Crippen LogP contribution in [-0.2, 0) is 4.74 Å². The molecule has 17 heavy (non-hydrogen) atoms. The third kappa shape index (κ3) is 4.14. The van der Waals surface area contributed by atoms with E-state index in [0.29, 0.717) is 6.04 Å². The van der Waals surface area contributed by atoms with Gasteiger partial charge >= 0.3 is 0 Å². The van der Waals surface area contributed by atoms with Gasteiger partial charge in [0.1, 0.15) is 0 Å². The third-order valence-electron chi connectivity index (χ3n) is 3.52. The lowest BCUT2D eigenvalue weighted by atomic mass is 10.0. The van der Waals surface area contributed by atoms with E-state index in [4.69, 9.17) is 4.74 Å². The summed E-state index contributed by atoms with van der Waals surface area (Å²) < 4.78 is 5.89. The van der Waals surface area contributed by atoms with Crippen LogP contribution in [0, 0.1) is 0 Å². The number of piperidine rings is 1. The quantitative estimate of drug-likeness (QED) is 0.842. The van der Waals surface area contributed by atoms with Gasteiger partial charge in [-0.15, -0.1) is 0 Å². The minimum atomic E-state index is 0.208. The molecule has 1 fully saturated rings. The highest BCUT2D eigenvalue weighted by molar-refractivity contribution is 5.16. The first kappa shape index (κ1) is 12.6. The van der Waals surface area contributed by atoms with E-state index in [1.165, 1.54) is 31.4 Å². The molecule has 2 heteroatoms. The summed E-state index contributed by atoms with van der Waals surface area (Å²) in [5.41, 5.74) is 1.27. The number of hydrogen-bond acceptors (Lipinski definition) is 2. The summed E-state index contributed by atoms with van der Waals surface area (Å²) in [4.78, 5) is 0. The summed E-state index contributed by atoms with van der Waals surface area (Å²) in [5, 5.41) is 3.55. The first-order valence-electron chi connectivity index (χ1n) is 6.76. The predicted octanol–water partition coefficient (Wildman–Crippen LogP) is 3.30. The molecule has 2 atom stereocenters. The normalized spacial score (nSPS) is 22.3. The molecule has 2 unspecified atom stereocenters. The van der Waals surface area contributed by atoms with E-state index in [0.717, 1.165) is 13.0 Å². The first-order valence-corrected chi connectivity index (χ1v) is 6.76. The van der Waals surface area contributed by atoms with Crippen LogP contribution >= 0.6 is 0 Å². The van der Waals surface area contributed by atoms with Gasteiger partial charge in [-0.2, -0.15) is 0 Å². The molecule has 0 amide bonds. The van der Waals surface area contributed by atoms with Gasteiger partial charge in [-0.3, -0.25) is 0 Å². The fraction of sp³-hybridized carbons (Fsp3) is 0.600. The van der Waals surface area contributed by atoms with Crippen LogP contribution < -0.4 is 5.32 Å². The Balaban J connectivity index is 1.67. The van der Waals surface area contributed by atoms with Crippen molar-refractivity contribution >= 4 is 0 Å². The van der Waals surface area contributed by atoms with Crippen molar-refractivity contribution in [2.24, 2.45) is 0 Å². The Hall–Kier alpha value is -0.860. The largest absolute Gasteiger partial charge is 0.374 e. The number of ether oxygens (including phenoxy) is 1. The van der Waals surface area contributed by atoms with Gasteiger partial charge in [-0.1, -0.05) is 36.8 Å². The van der Waals surface area contributed by atoms with Gasteiger partial charge in [0.25, 0.3) is 0 Å². The summed E-state index contributed by atoms with van der Waals surface area (Å²) in [6, 6.07) is 11.1. The highest BCUT2D eigenvalue weighted by Crippen LogP contribution is 2.17. The van der Waals surface area contributed by atoms with Gasteiger partial charge in [0, 0.05) is 12.6 Å². The van der Waals surface area contributed by atoms with Crippen LogP contribution in [0.25, 0.3) is 0 Å². The number of hydrogen-bond donors (Lipinski definition) is 1. The Morgan fingerprint density at radius 3 is 2.82 bits per heavy atom. The summed E-state index contributed by atoms with van der Waals surface area (Å²) in [6.45, 7) is 4.16. The summed E-state index contributed by atoms with van der Waals surface area (Å²) in [6.07, 6.45) is 5.35. The van der Waals surface area contributed by atoms with Crippen LogP contribution in [0.3, 0.4) is 0 Å². The van der Waals surface area contributed by atoms with E-state index in [-0.39, 0.29) is 6.10 Å². The molecule has 1 aromatic carbocycles. The molecule has 1 aromatic rings. The SMILES string of the molecule is CC(OCCC1CCCCN1)c1ccccc1. The highest BCUT2D eigenvalue weighted by Gasteiger charge is 2.13. The molecule has 1 aliphatic heterocycles. The molecule has 2 rings (SSSR count). The summed E-state index contributed by atoms with van der Waals surface area (Å²) in [7, 11) is 0. The molecular formula is C15H23NO. The fourth-order valence-electron chi connectivity index (χ4n) is 2.38. The van der Waals surface area contributed by atoms with Gasteiger partial charge in [0.05, 0.1) is 6.10 Å². The first-order chi connectivity index (χ1) is 8.36. The highest BCUT2D eigenvalue weighted by atomic mass is 16.5. The van der Waals surface area contributed by atoms with Crippen molar-refractivity contribution in [3.05, 3.63) is 35.9 Å². The monoisotopic (exact) mass is 233 g/mol. The average molecular weight is 233 g/mol. The molecule has 1 saturated heterocycles. The smallest absolute Gasteiger partial charge is 0.0796 e. The van der Waals surface area contributed by atoms with Gasteiger partial charge in [-0.25, -0.2) is 0 Å². The standard InChI is InChI=1S/C15H23NO/c1-13(14-7-3-2-4-8-14)17-12-10-15-9-5-6-11-16-15/h2-4,7-8,13,15-16H,5-6,9-12H2,1H3. The van der Waals surface area contributed by atoms with Gasteiger partial charge in [0.2, 0.25) is 0 Å². The summed E-state index contributed by atoms with van der Waals surface area (Å²) >= 11 is 0. The molecule has 1 N–H and O–H groups in total. The fourth-order valence-corrected chi connectivity index (χ4v) is 2.38. The van der Waals surface area contributed by atoms with Crippen molar-refractivity contribution in [1.82, 2.24) is 5.32 Å². The molecule has 0 aliphatic carbocycles. The van der Waals surface area contributed by atoms with Crippen LogP contribution in [0.2, 0.25) is 0 Å². The van der Waals surface area contributed by atoms with Crippen LogP contribution in [0.15, 0.2) is 30.3 Å². The van der Waals surface area contributed by atoms with E-state index in [2.05, 4.69) is 36.5 Å². The Morgan fingerprint density at radius 1 is 1.29 bits per heavy atom. The maximum absolute atomic E-state index is 5.89. The van der Waals surface area contributed by atoms with Crippen molar-refractivity contribution in [2.75, 3.05) is 13.2 Å². The number of benzene rings is 1. The molecule has 1 heterocycles. The maximum atomic E-state index is 5.89. The summed E-state index contributed by atoms with van der Waals surface area (Å²) in [5.74, 6) is 0. The van der Waals surface area contributed by atoms with Crippen molar-refractivity contribution in [2.45, 2.75) is 44.8 Å². The van der Waals surface area contributed by atoms with E-state index in [1.807, 2.05) is 6.07 Å². The molecular weight excluding hydrogens is 210 g/mol. The molecule has 0 spiro atoms. The number of nitrogens with one attached hydrogen (secondary N) is 1. The second kappa shape index (κ2) is 6.77. The van der Waals surface area contributed by atoms with Gasteiger partial charge < -0.3 is 10.1 Å². The zero-order valence-corrected chi connectivity index (χ0v) is 10.7. The molecule has 0 bridgehead atoms. The lowest BCUT2D eigenvalue weighted by molar-refractivity contribution is 0.0573. The van der Waals surface area contributed by atoms with E-state index in [1.54, 1.807) is 0 Å². The lowest BCUT2D eigenvalue weighted by Gasteiger charge is -2.24. The minimum Gasteiger partial charge on any atom is -0.374 e. The Bertz CT molecular complexity index is 306. The molecule has 2 nitrogen and oxygen atoms in total. The minimum absolute atomic E-state index is 0.208. The Morgan fingerprint density at radius 2 is 2.12 bits per heavy atom. The molecule has 1 aliphatic rings. The van der Waals surface area contributed by atoms with Crippen LogP contribution in [0.4, 0.5) is 0 Å². The average Bonchev–Trinajstić information content (AvgIpc) is 2.41. The topological polar surface area (TPSA) is 21.3 Å². The van der Waals surface area contributed by atoms with Gasteiger partial charge in [0.15, 0.2) is 0 Å². The Kier molecular flexibility index (Phi) is 5.02. The van der Waals surface area contributed by atoms with E-state index in [9.17, 15) is 0 Å². The van der Waals surface area contributed by atoms with Crippen molar-refractivity contribution in [1.29, 1.82) is 0 Å². The molecule has 0 radical (unpaired) electrons. The van der Waals surface area contributed by atoms with Crippen LogP contribution in [0.1, 0.15) is 44.3 Å². The zero-order valence-electron chi connectivity index (χ0n) is 10.7. The van der Waals surface area contributed by atoms with Crippen LogP contribution in [0.5, 0.6) is 0 Å². The van der Waals surface area contributed by atoms with Crippen molar-refractivity contribution in [3.8, 4) is 0 Å². The maximum Gasteiger partial charge on any atom is 0.0796 e. The van der Waals surface area contributed by atoms with Crippen molar-refractivity contribution < 1.29 is 4.74 Å². The number of rotatable bonds is 5. The molecule has 0 aromatic heterocycles. The van der Waals surface area contributed by atoms with E-state index < -0.39 is 0 Å². The van der Waals surface area contributed by atoms with E-state index >= 15 is 0 Å². The second-order valence-corrected chi connectivity index (χ2v) is 4.86. The molecule has 0 saturated carbocycles. The zero-order chi connectivity index (χ0) is 11.9. The van der Waals surface area contributed by atoms with Gasteiger partial charge in [-0.05, 0) is 38.3 Å². The second-order valence-electron chi connectivity index (χ2n) is 4.86. The van der Waals surface area contributed by atoms with Crippen molar-refractivity contribution in [3.63, 3.8) is 0 Å². The predicted molar refractivity (Wildman–Crippen MR) is 71.1 cm³/mol. The Labute approximate surface area is 104 Å². The third-order valence-corrected chi connectivity index (χ3v) is 3.52. The lowest BCUT2D eigenvalue weighted by Crippen LogP contribution is -2.34. The molecule has 94 valence electrons. The van der Waals surface area contributed by atoms with Crippen LogP contribution in [-0.4, -0.2) is 19.2 Å².